The van der Waals surface area contributed by atoms with E-state index in [0.29, 0.717) is 5.16 Å². The van der Waals surface area contributed by atoms with Crippen molar-refractivity contribution in [2.75, 3.05) is 19.4 Å². The number of hydrogen-bond acceptors (Lipinski definition) is 6. The summed E-state index contributed by atoms with van der Waals surface area (Å²) in [4.78, 5) is 29.8. The van der Waals surface area contributed by atoms with Crippen LogP contribution in [0.4, 0.5) is 0 Å². The van der Waals surface area contributed by atoms with Crippen molar-refractivity contribution in [1.82, 2.24) is 15.3 Å². The van der Waals surface area contributed by atoms with E-state index in [1.54, 1.807) is 18.5 Å². The van der Waals surface area contributed by atoms with E-state index in [0.717, 1.165) is 0 Å². The van der Waals surface area contributed by atoms with Gasteiger partial charge in [0.2, 0.25) is 5.91 Å². The predicted molar refractivity (Wildman–Crippen MR) is 57.8 cm³/mol. The molecule has 0 saturated heterocycles. The number of nitrogens with one attached hydrogen (secondary N) is 1. The Morgan fingerprint density at radius 2 is 2.12 bits per heavy atom. The molecule has 0 saturated carbocycles. The zero-order valence-electron chi connectivity index (χ0n) is 8.67. The number of esters is 1. The number of hydrogen-bond donors (Lipinski definition) is 1. The summed E-state index contributed by atoms with van der Waals surface area (Å²) in [6.07, 6.45) is 3.20. The van der Waals surface area contributed by atoms with E-state index in [-0.39, 0.29) is 18.2 Å². The summed E-state index contributed by atoms with van der Waals surface area (Å²) in [5.41, 5.74) is 0. The third kappa shape index (κ3) is 4.74. The summed E-state index contributed by atoms with van der Waals surface area (Å²) in [5.74, 6) is -0.571. The van der Waals surface area contributed by atoms with Gasteiger partial charge < -0.3 is 10.1 Å². The molecule has 0 unspecified atom stereocenters. The average Bonchev–Trinajstić information content (AvgIpc) is 2.34. The number of aromatic nitrogens is 2. The van der Waals surface area contributed by atoms with Crippen molar-refractivity contribution < 1.29 is 14.3 Å². The molecule has 0 radical (unpaired) electrons. The zero-order valence-corrected chi connectivity index (χ0v) is 9.49. The van der Waals surface area contributed by atoms with Gasteiger partial charge in [-0.1, -0.05) is 11.8 Å². The van der Waals surface area contributed by atoms with Gasteiger partial charge >= 0.3 is 5.97 Å². The third-order valence-corrected chi connectivity index (χ3v) is 2.41. The second kappa shape index (κ2) is 6.78. The van der Waals surface area contributed by atoms with Gasteiger partial charge in [-0.25, -0.2) is 9.97 Å². The first-order chi connectivity index (χ1) is 7.72. The molecule has 0 atom stereocenters. The molecule has 0 aromatic carbocycles. The van der Waals surface area contributed by atoms with Crippen molar-refractivity contribution in [2.45, 2.75) is 5.16 Å². The molecule has 7 heteroatoms. The molecule has 1 amide bonds. The van der Waals surface area contributed by atoms with E-state index in [9.17, 15) is 9.59 Å². The highest BCUT2D eigenvalue weighted by Gasteiger charge is 2.06. The number of ether oxygens (including phenoxy) is 1. The van der Waals surface area contributed by atoms with Crippen LogP contribution in [0.5, 0.6) is 0 Å². The van der Waals surface area contributed by atoms with Crippen LogP contribution in [-0.2, 0) is 14.3 Å². The Hall–Kier alpha value is -1.63. The largest absolute Gasteiger partial charge is 0.468 e. The van der Waals surface area contributed by atoms with Crippen LogP contribution in [0.1, 0.15) is 0 Å². The van der Waals surface area contributed by atoms with Crippen LogP contribution >= 0.6 is 11.8 Å². The lowest BCUT2D eigenvalue weighted by molar-refractivity contribution is -0.140. The first-order valence-electron chi connectivity index (χ1n) is 4.45. The fraction of sp³-hybridized carbons (Fsp3) is 0.333. The summed E-state index contributed by atoms with van der Waals surface area (Å²) in [5, 5.41) is 2.94. The van der Waals surface area contributed by atoms with E-state index >= 15 is 0 Å². The molecule has 1 N–H and O–H groups in total. The zero-order chi connectivity index (χ0) is 11.8. The number of rotatable bonds is 5. The maximum absolute atomic E-state index is 11.2. The van der Waals surface area contributed by atoms with Gasteiger partial charge in [0.1, 0.15) is 6.54 Å². The summed E-state index contributed by atoms with van der Waals surface area (Å²) >= 11 is 1.20. The molecule has 1 rings (SSSR count). The number of nitrogens with zero attached hydrogens (tertiary/aromatic N) is 2. The molecular formula is C9H11N3O3S. The van der Waals surface area contributed by atoms with Gasteiger partial charge in [-0.15, -0.1) is 0 Å². The first kappa shape index (κ1) is 12.4. The minimum absolute atomic E-state index is 0.120. The van der Waals surface area contributed by atoms with Crippen LogP contribution in [0.3, 0.4) is 0 Å². The lowest BCUT2D eigenvalue weighted by Crippen LogP contribution is -2.31. The number of methoxy groups -OCH3 is 1. The molecule has 1 heterocycles. The molecule has 0 aliphatic carbocycles. The Balaban J connectivity index is 2.23. The van der Waals surface area contributed by atoms with Gasteiger partial charge in [-0.3, -0.25) is 9.59 Å². The summed E-state index contributed by atoms with van der Waals surface area (Å²) in [7, 11) is 1.26. The van der Waals surface area contributed by atoms with Gasteiger partial charge in [0.25, 0.3) is 0 Å². The number of amides is 1. The van der Waals surface area contributed by atoms with E-state index in [1.165, 1.54) is 18.9 Å². The standard InChI is InChI=1S/C9H11N3O3S/c1-15-8(14)5-12-7(13)6-16-9-10-3-2-4-11-9/h2-4H,5-6H2,1H3,(H,12,13). The predicted octanol–water partition coefficient (Wildman–Crippen LogP) is -0.142. The maximum atomic E-state index is 11.2. The third-order valence-electron chi connectivity index (χ3n) is 1.53. The fourth-order valence-electron chi connectivity index (χ4n) is 0.784. The average molecular weight is 241 g/mol. The van der Waals surface area contributed by atoms with Crippen LogP contribution in [0.25, 0.3) is 0 Å². The van der Waals surface area contributed by atoms with Crippen molar-refractivity contribution in [3.8, 4) is 0 Å². The van der Waals surface area contributed by atoms with Crippen molar-refractivity contribution in [1.29, 1.82) is 0 Å². The Labute approximate surface area is 96.8 Å². The lowest BCUT2D eigenvalue weighted by atomic mass is 10.6. The first-order valence-corrected chi connectivity index (χ1v) is 5.44. The van der Waals surface area contributed by atoms with Crippen molar-refractivity contribution in [3.63, 3.8) is 0 Å². The van der Waals surface area contributed by atoms with Crippen molar-refractivity contribution in [2.24, 2.45) is 0 Å². The smallest absolute Gasteiger partial charge is 0.325 e. The minimum atomic E-state index is -0.477. The molecule has 1 aromatic heterocycles. The van der Waals surface area contributed by atoms with Gasteiger partial charge in [0.05, 0.1) is 12.9 Å². The fourth-order valence-corrected chi connectivity index (χ4v) is 1.42. The monoisotopic (exact) mass is 241 g/mol. The topological polar surface area (TPSA) is 81.2 Å². The second-order valence-electron chi connectivity index (χ2n) is 2.67. The van der Waals surface area contributed by atoms with Crippen LogP contribution in [0.15, 0.2) is 23.6 Å². The van der Waals surface area contributed by atoms with Crippen LogP contribution in [-0.4, -0.2) is 41.3 Å². The molecule has 0 aliphatic rings. The Bertz CT molecular complexity index is 358. The van der Waals surface area contributed by atoms with Crippen molar-refractivity contribution >= 4 is 23.6 Å². The minimum Gasteiger partial charge on any atom is -0.468 e. The highest BCUT2D eigenvalue weighted by atomic mass is 32.2. The lowest BCUT2D eigenvalue weighted by Gasteiger charge is -2.02. The normalized spacial score (nSPS) is 9.56. The molecule has 1 aromatic rings. The van der Waals surface area contributed by atoms with Gasteiger partial charge in [0.15, 0.2) is 5.16 Å². The number of carbonyl (C=O) groups is 2. The molecule has 0 fully saturated rings. The van der Waals surface area contributed by atoms with Gasteiger partial charge in [0, 0.05) is 12.4 Å². The van der Waals surface area contributed by atoms with Crippen LogP contribution in [0, 0.1) is 0 Å². The Morgan fingerprint density at radius 3 is 2.75 bits per heavy atom. The molecule has 6 nitrogen and oxygen atoms in total. The summed E-state index contributed by atoms with van der Waals surface area (Å²) in [6.45, 7) is -0.120. The van der Waals surface area contributed by atoms with Crippen LogP contribution in [0.2, 0.25) is 0 Å². The molecule has 86 valence electrons. The molecule has 0 aliphatic heterocycles. The molecule has 16 heavy (non-hydrogen) atoms. The van der Waals surface area contributed by atoms with E-state index in [2.05, 4.69) is 20.0 Å². The highest BCUT2D eigenvalue weighted by molar-refractivity contribution is 7.99. The van der Waals surface area contributed by atoms with Crippen LogP contribution < -0.4 is 5.32 Å². The maximum Gasteiger partial charge on any atom is 0.325 e. The summed E-state index contributed by atoms with van der Waals surface area (Å²) < 4.78 is 4.38. The molecule has 0 bridgehead atoms. The number of thioether (sulfide) groups is 1. The van der Waals surface area contributed by atoms with Gasteiger partial charge in [-0.05, 0) is 6.07 Å². The van der Waals surface area contributed by atoms with Gasteiger partial charge in [-0.2, -0.15) is 0 Å². The number of carbonyl (C=O) groups excluding carboxylic acids is 2. The second-order valence-corrected chi connectivity index (χ2v) is 3.62. The van der Waals surface area contributed by atoms with E-state index in [1.807, 2.05) is 0 Å². The quantitative estimate of drug-likeness (QED) is 0.439. The molecular weight excluding hydrogens is 230 g/mol. The van der Waals surface area contributed by atoms with E-state index < -0.39 is 5.97 Å². The Morgan fingerprint density at radius 1 is 1.44 bits per heavy atom. The van der Waals surface area contributed by atoms with Crippen molar-refractivity contribution in [3.05, 3.63) is 18.5 Å². The summed E-state index contributed by atoms with van der Waals surface area (Å²) in [6, 6.07) is 1.70. The Kier molecular flexibility index (Phi) is 5.27. The molecule has 0 spiro atoms. The highest BCUT2D eigenvalue weighted by Crippen LogP contribution is 2.09. The SMILES string of the molecule is COC(=O)CNC(=O)CSc1ncccn1. The van der Waals surface area contributed by atoms with E-state index in [4.69, 9.17) is 0 Å².